The first-order valence-electron chi connectivity index (χ1n) is 8.29. The first kappa shape index (κ1) is 22.2. The number of halogens is 1. The van der Waals surface area contributed by atoms with Crippen molar-refractivity contribution in [3.63, 3.8) is 0 Å². The van der Waals surface area contributed by atoms with E-state index in [2.05, 4.69) is 10.6 Å². The molecule has 0 radical (unpaired) electrons. The van der Waals surface area contributed by atoms with E-state index in [1.165, 1.54) is 0 Å². The summed E-state index contributed by atoms with van der Waals surface area (Å²) in [5, 5.41) is 7.33. The third kappa shape index (κ3) is 8.41. The van der Waals surface area contributed by atoms with Crippen molar-refractivity contribution in [2.24, 2.45) is 5.73 Å². The maximum atomic E-state index is 12.0. The smallest absolute Gasteiger partial charge is 0.321 e. The van der Waals surface area contributed by atoms with Gasteiger partial charge >= 0.3 is 18.0 Å². The van der Waals surface area contributed by atoms with Crippen LogP contribution in [-0.4, -0.2) is 36.6 Å². The van der Waals surface area contributed by atoms with Crippen LogP contribution in [0.1, 0.15) is 38.3 Å². The molecule has 0 fully saturated rings. The number of carbonyl (C=O) groups is 4. The van der Waals surface area contributed by atoms with E-state index in [1.807, 2.05) is 12.2 Å². The van der Waals surface area contributed by atoms with Gasteiger partial charge in [-0.3, -0.25) is 14.9 Å². The molecule has 1 aromatic rings. The van der Waals surface area contributed by atoms with E-state index in [0.717, 1.165) is 0 Å². The molecule has 0 saturated carbocycles. The van der Waals surface area contributed by atoms with Gasteiger partial charge in [-0.05, 0) is 25.0 Å². The number of carbonyl (C=O) groups excluding carboxylic acids is 4. The lowest BCUT2D eigenvalue weighted by Crippen LogP contribution is -2.44. The lowest BCUT2D eigenvalue weighted by atomic mass is 10.0. The van der Waals surface area contributed by atoms with E-state index in [-0.39, 0.29) is 12.5 Å². The number of benzene rings is 1. The molecule has 0 bridgehead atoms. The standard InChI is InChI=1S/C17H23ClN4O5/c1-3-10(2)20-17(26)22-14(23)9-27-15(24)8-13(21-16(19)25)11-6-4-5-7-12(11)18/h4-7,10,13H,3,8-9H2,1-2H3,(H3,19,21,25)(H2,20,22,23,26)/t10-,13+/m1/s1. The van der Waals surface area contributed by atoms with Gasteiger partial charge in [-0.15, -0.1) is 0 Å². The minimum Gasteiger partial charge on any atom is -0.455 e. The molecule has 148 valence electrons. The van der Waals surface area contributed by atoms with Gasteiger partial charge in [0.1, 0.15) is 0 Å². The number of ether oxygens (including phenoxy) is 1. The first-order chi connectivity index (χ1) is 12.7. The Hall–Kier alpha value is -2.81. The summed E-state index contributed by atoms with van der Waals surface area (Å²) >= 11 is 6.07. The highest BCUT2D eigenvalue weighted by Crippen LogP contribution is 2.25. The van der Waals surface area contributed by atoms with E-state index >= 15 is 0 Å². The summed E-state index contributed by atoms with van der Waals surface area (Å²) in [4.78, 5) is 46.4. The molecule has 0 unspecified atom stereocenters. The van der Waals surface area contributed by atoms with Crippen molar-refractivity contribution in [3.05, 3.63) is 34.9 Å². The van der Waals surface area contributed by atoms with Gasteiger partial charge < -0.3 is 21.1 Å². The monoisotopic (exact) mass is 398 g/mol. The first-order valence-corrected chi connectivity index (χ1v) is 8.67. The maximum absolute atomic E-state index is 12.0. The summed E-state index contributed by atoms with van der Waals surface area (Å²) in [7, 11) is 0. The Morgan fingerprint density at radius 1 is 1.19 bits per heavy atom. The van der Waals surface area contributed by atoms with Gasteiger partial charge in [0.05, 0.1) is 12.5 Å². The van der Waals surface area contributed by atoms with Crippen molar-refractivity contribution < 1.29 is 23.9 Å². The number of hydrogen-bond donors (Lipinski definition) is 4. The fraction of sp³-hybridized carbons (Fsp3) is 0.412. The third-order valence-corrected chi connectivity index (χ3v) is 3.92. The van der Waals surface area contributed by atoms with Crippen molar-refractivity contribution >= 4 is 35.5 Å². The molecular weight excluding hydrogens is 376 g/mol. The van der Waals surface area contributed by atoms with Crippen LogP contribution in [0.4, 0.5) is 9.59 Å². The van der Waals surface area contributed by atoms with Gasteiger partial charge in [0.2, 0.25) is 0 Å². The SMILES string of the molecule is CC[C@@H](C)NC(=O)NC(=O)COC(=O)C[C@H](NC(N)=O)c1ccccc1Cl. The Labute approximate surface area is 161 Å². The molecule has 0 aliphatic rings. The zero-order valence-electron chi connectivity index (χ0n) is 15.1. The largest absolute Gasteiger partial charge is 0.455 e. The summed E-state index contributed by atoms with van der Waals surface area (Å²) in [6.07, 6.45) is 0.409. The highest BCUT2D eigenvalue weighted by Gasteiger charge is 2.21. The molecular formula is C17H23ClN4O5. The highest BCUT2D eigenvalue weighted by molar-refractivity contribution is 6.31. The number of urea groups is 2. The summed E-state index contributed by atoms with van der Waals surface area (Å²) < 4.78 is 4.84. The van der Waals surface area contributed by atoms with Gasteiger partial charge in [-0.25, -0.2) is 9.59 Å². The number of amides is 5. The Morgan fingerprint density at radius 3 is 2.44 bits per heavy atom. The number of nitrogens with one attached hydrogen (secondary N) is 3. The van der Waals surface area contributed by atoms with Crippen LogP contribution in [0.25, 0.3) is 0 Å². The average Bonchev–Trinajstić information content (AvgIpc) is 2.59. The number of rotatable bonds is 8. The van der Waals surface area contributed by atoms with Gasteiger partial charge in [0.15, 0.2) is 6.61 Å². The topological polar surface area (TPSA) is 140 Å². The van der Waals surface area contributed by atoms with Gasteiger partial charge in [-0.2, -0.15) is 0 Å². The molecule has 0 aliphatic carbocycles. The molecule has 2 atom stereocenters. The number of nitrogens with two attached hydrogens (primary N) is 1. The van der Waals surface area contributed by atoms with Crippen LogP contribution < -0.4 is 21.7 Å². The predicted molar refractivity (Wildman–Crippen MR) is 98.9 cm³/mol. The molecule has 0 aromatic heterocycles. The van der Waals surface area contributed by atoms with Crippen LogP contribution in [0.15, 0.2) is 24.3 Å². The van der Waals surface area contributed by atoms with Gasteiger partial charge in [0, 0.05) is 11.1 Å². The molecule has 10 heteroatoms. The zero-order chi connectivity index (χ0) is 20.4. The second kappa shape index (κ2) is 11.0. The maximum Gasteiger partial charge on any atom is 0.321 e. The molecule has 27 heavy (non-hydrogen) atoms. The summed E-state index contributed by atoms with van der Waals surface area (Å²) in [5.41, 5.74) is 5.61. The van der Waals surface area contributed by atoms with Crippen LogP contribution in [0.3, 0.4) is 0 Å². The van der Waals surface area contributed by atoms with Crippen molar-refractivity contribution in [1.82, 2.24) is 16.0 Å². The van der Waals surface area contributed by atoms with E-state index in [0.29, 0.717) is 17.0 Å². The second-order valence-electron chi connectivity index (χ2n) is 5.78. The molecule has 0 spiro atoms. The van der Waals surface area contributed by atoms with Crippen LogP contribution in [0, 0.1) is 0 Å². The van der Waals surface area contributed by atoms with Crippen LogP contribution in [0.2, 0.25) is 5.02 Å². The zero-order valence-corrected chi connectivity index (χ0v) is 15.8. The van der Waals surface area contributed by atoms with Crippen LogP contribution in [-0.2, 0) is 14.3 Å². The molecule has 0 heterocycles. The van der Waals surface area contributed by atoms with E-state index in [4.69, 9.17) is 22.1 Å². The molecule has 5 N–H and O–H groups in total. The summed E-state index contributed by atoms with van der Waals surface area (Å²) in [6, 6.07) is 4.17. The molecule has 1 rings (SSSR count). The van der Waals surface area contributed by atoms with Gasteiger partial charge in [-0.1, -0.05) is 36.7 Å². The minimum absolute atomic E-state index is 0.100. The fourth-order valence-electron chi connectivity index (χ4n) is 2.06. The highest BCUT2D eigenvalue weighted by atomic mass is 35.5. The van der Waals surface area contributed by atoms with Crippen LogP contribution in [0.5, 0.6) is 0 Å². The van der Waals surface area contributed by atoms with Crippen molar-refractivity contribution in [2.75, 3.05) is 6.61 Å². The molecule has 0 aliphatic heterocycles. The van der Waals surface area contributed by atoms with Gasteiger partial charge in [0.25, 0.3) is 5.91 Å². The number of esters is 1. The summed E-state index contributed by atoms with van der Waals surface area (Å²) in [5.74, 6) is -1.55. The average molecular weight is 399 g/mol. The predicted octanol–water partition coefficient (Wildman–Crippen LogP) is 1.61. The van der Waals surface area contributed by atoms with E-state index in [1.54, 1.807) is 31.2 Å². The number of imide groups is 1. The fourth-order valence-corrected chi connectivity index (χ4v) is 2.33. The van der Waals surface area contributed by atoms with Crippen LogP contribution >= 0.6 is 11.6 Å². The molecule has 1 aromatic carbocycles. The molecule has 5 amide bonds. The lowest BCUT2D eigenvalue weighted by Gasteiger charge is -2.18. The Morgan fingerprint density at radius 2 is 1.85 bits per heavy atom. The summed E-state index contributed by atoms with van der Waals surface area (Å²) in [6.45, 7) is 3.02. The quantitative estimate of drug-likeness (QED) is 0.492. The van der Waals surface area contributed by atoms with E-state index in [9.17, 15) is 19.2 Å². The Kier molecular flexibility index (Phi) is 9.07. The van der Waals surface area contributed by atoms with Crippen molar-refractivity contribution in [1.29, 1.82) is 0 Å². The minimum atomic E-state index is -0.841. The normalized spacial score (nSPS) is 12.4. The number of primary amides is 1. The van der Waals surface area contributed by atoms with Crippen molar-refractivity contribution in [2.45, 2.75) is 38.8 Å². The number of hydrogen-bond acceptors (Lipinski definition) is 5. The second-order valence-corrected chi connectivity index (χ2v) is 6.19. The molecule has 9 nitrogen and oxygen atoms in total. The Balaban J connectivity index is 2.57. The van der Waals surface area contributed by atoms with Crippen molar-refractivity contribution in [3.8, 4) is 0 Å². The lowest BCUT2D eigenvalue weighted by molar-refractivity contribution is -0.148. The molecule has 0 saturated heterocycles. The van der Waals surface area contributed by atoms with E-state index < -0.39 is 36.6 Å². The Bertz CT molecular complexity index is 698. The third-order valence-electron chi connectivity index (χ3n) is 3.57.